The van der Waals surface area contributed by atoms with Gasteiger partial charge in [-0.05, 0) is 83.5 Å². The van der Waals surface area contributed by atoms with Gasteiger partial charge >= 0.3 is 11.9 Å². The normalized spacial score (nSPS) is 13.7. The second-order valence-corrected chi connectivity index (χ2v) is 16.6. The van der Waals surface area contributed by atoms with Gasteiger partial charge in [-0.3, -0.25) is 9.59 Å². The molecule has 0 spiro atoms. The molecular formula is C52H87NO7. The van der Waals surface area contributed by atoms with E-state index in [9.17, 15) is 19.5 Å². The van der Waals surface area contributed by atoms with E-state index in [2.05, 4.69) is 98.9 Å². The van der Waals surface area contributed by atoms with E-state index in [1.165, 1.54) is 57.8 Å². The van der Waals surface area contributed by atoms with Crippen molar-refractivity contribution in [1.82, 2.24) is 0 Å². The topological polar surface area (TPSA) is 102 Å². The minimum atomic E-state index is -1.14. The quantitative estimate of drug-likeness (QED) is 0.0261. The maximum absolute atomic E-state index is 12.7. The molecule has 0 saturated carbocycles. The van der Waals surface area contributed by atoms with Gasteiger partial charge in [0.15, 0.2) is 6.10 Å². The summed E-state index contributed by atoms with van der Waals surface area (Å²) < 4.78 is 17.1. The van der Waals surface area contributed by atoms with Crippen LogP contribution in [-0.2, 0) is 28.6 Å². The van der Waals surface area contributed by atoms with Crippen molar-refractivity contribution in [2.24, 2.45) is 0 Å². The van der Waals surface area contributed by atoms with E-state index in [-0.39, 0.29) is 55.5 Å². The molecule has 0 aromatic carbocycles. The Hall–Kier alpha value is -3.49. The first-order chi connectivity index (χ1) is 29.1. The van der Waals surface area contributed by atoms with Gasteiger partial charge in [0.25, 0.3) is 0 Å². The van der Waals surface area contributed by atoms with Crippen LogP contribution in [0.15, 0.2) is 85.1 Å². The molecule has 0 aromatic rings. The predicted molar refractivity (Wildman–Crippen MR) is 249 cm³/mol. The average Bonchev–Trinajstić information content (AvgIpc) is 3.21. The van der Waals surface area contributed by atoms with Crippen molar-refractivity contribution in [3.8, 4) is 0 Å². The highest BCUT2D eigenvalue weighted by Crippen LogP contribution is 2.13. The molecule has 0 fully saturated rings. The van der Waals surface area contributed by atoms with Crippen LogP contribution in [0.5, 0.6) is 0 Å². The Balaban J connectivity index is 4.43. The first kappa shape index (κ1) is 56.5. The number of carboxylic acid groups (broad SMARTS) is 1. The number of allylic oxidation sites excluding steroid dienone is 14. The molecule has 0 rings (SSSR count). The molecule has 8 heteroatoms. The maximum Gasteiger partial charge on any atom is 0.306 e. The third kappa shape index (κ3) is 39.9. The lowest BCUT2D eigenvalue weighted by Crippen LogP contribution is -2.55. The summed E-state index contributed by atoms with van der Waals surface area (Å²) in [6.07, 6.45) is 54.7. The smallest absolute Gasteiger partial charge is 0.306 e. The molecule has 342 valence electrons. The summed E-state index contributed by atoms with van der Waals surface area (Å²) in [4.78, 5) is 36.9. The minimum absolute atomic E-state index is 0.0143. The zero-order valence-corrected chi connectivity index (χ0v) is 38.8. The number of carbonyl (C=O) groups excluding carboxylic acids is 3. The summed E-state index contributed by atoms with van der Waals surface area (Å²) in [5, 5.41) is 11.6. The Labute approximate surface area is 367 Å². The molecule has 2 atom stereocenters. The molecular weight excluding hydrogens is 751 g/mol. The Morgan fingerprint density at radius 3 is 1.43 bits per heavy atom. The molecule has 60 heavy (non-hydrogen) atoms. The highest BCUT2D eigenvalue weighted by Gasteiger charge is 2.25. The third-order valence-electron chi connectivity index (χ3n) is 10.0. The Bertz CT molecular complexity index is 1250. The van der Waals surface area contributed by atoms with Gasteiger partial charge in [0.2, 0.25) is 0 Å². The van der Waals surface area contributed by atoms with Crippen LogP contribution in [0.3, 0.4) is 0 Å². The zero-order valence-electron chi connectivity index (χ0n) is 38.8. The predicted octanol–water partition coefficient (Wildman–Crippen LogP) is 12.0. The standard InChI is InChI=1S/C52H87NO7/c1-6-8-10-12-14-16-18-20-22-24-25-27-29-31-33-35-37-39-41-43-51(55)60-48(46-58-45-44-49(52(56)57)53(3,4)5)47-59-50(54)42-40-38-36-34-32-30-28-26-23-21-19-17-15-13-11-9-7-2/h8,10,14,16,20-23,25,27-28,30,34,36,48-49H,6-7,9,11-13,15,17-19,24,26,29,31-33,35,37-47H2,1-5H3/b10-8+,16-14+,22-20+,23-21+,27-25+,30-28+,36-34+. The van der Waals surface area contributed by atoms with Crippen LogP contribution in [0.25, 0.3) is 0 Å². The minimum Gasteiger partial charge on any atom is -0.544 e. The lowest BCUT2D eigenvalue weighted by molar-refractivity contribution is -0.889. The average molecular weight is 838 g/mol. The fourth-order valence-electron chi connectivity index (χ4n) is 6.37. The number of unbranched alkanes of at least 4 members (excludes halogenated alkanes) is 13. The number of aliphatic carboxylic acids is 1. The number of likely N-dealkylation sites (N-methyl/N-ethyl adjacent to an activating group) is 1. The number of hydrogen-bond acceptors (Lipinski definition) is 7. The zero-order chi connectivity index (χ0) is 44.2. The Morgan fingerprint density at radius 1 is 0.517 bits per heavy atom. The molecule has 0 aromatic heterocycles. The van der Waals surface area contributed by atoms with E-state index in [0.717, 1.165) is 77.0 Å². The largest absolute Gasteiger partial charge is 0.544 e. The van der Waals surface area contributed by atoms with Crippen molar-refractivity contribution < 1.29 is 38.2 Å². The number of carbonyl (C=O) groups is 3. The molecule has 8 nitrogen and oxygen atoms in total. The second-order valence-electron chi connectivity index (χ2n) is 16.6. The first-order valence-corrected chi connectivity index (χ1v) is 23.6. The van der Waals surface area contributed by atoms with Crippen molar-refractivity contribution in [2.75, 3.05) is 41.0 Å². The Morgan fingerprint density at radius 2 is 0.950 bits per heavy atom. The second kappa shape index (κ2) is 42.2. The lowest BCUT2D eigenvalue weighted by atomic mass is 10.1. The van der Waals surface area contributed by atoms with E-state index in [0.29, 0.717) is 6.42 Å². The molecule has 0 aliphatic carbocycles. The van der Waals surface area contributed by atoms with Gasteiger partial charge < -0.3 is 28.6 Å². The summed E-state index contributed by atoms with van der Waals surface area (Å²) in [6.45, 7) is 4.46. The molecule has 0 radical (unpaired) electrons. The number of quaternary nitrogens is 1. The molecule has 0 aliphatic heterocycles. The summed E-state index contributed by atoms with van der Waals surface area (Å²) in [5.74, 6) is -1.83. The van der Waals surface area contributed by atoms with Crippen molar-refractivity contribution in [3.05, 3.63) is 85.1 Å². The molecule has 0 aliphatic rings. The first-order valence-electron chi connectivity index (χ1n) is 23.6. The van der Waals surface area contributed by atoms with Crippen molar-refractivity contribution in [2.45, 2.75) is 187 Å². The van der Waals surface area contributed by atoms with Crippen LogP contribution in [0.4, 0.5) is 0 Å². The van der Waals surface area contributed by atoms with Crippen LogP contribution in [0.1, 0.15) is 174 Å². The van der Waals surface area contributed by atoms with Crippen LogP contribution >= 0.6 is 0 Å². The van der Waals surface area contributed by atoms with Crippen molar-refractivity contribution in [1.29, 1.82) is 0 Å². The van der Waals surface area contributed by atoms with Crippen molar-refractivity contribution in [3.63, 3.8) is 0 Å². The fourth-order valence-corrected chi connectivity index (χ4v) is 6.37. The molecule has 0 saturated heterocycles. The van der Waals surface area contributed by atoms with Gasteiger partial charge in [0.05, 0.1) is 40.3 Å². The van der Waals surface area contributed by atoms with Crippen LogP contribution in [0, 0.1) is 0 Å². The summed E-state index contributed by atoms with van der Waals surface area (Å²) in [5.41, 5.74) is 0. The van der Waals surface area contributed by atoms with E-state index in [1.807, 2.05) is 0 Å². The monoisotopic (exact) mass is 838 g/mol. The summed E-state index contributed by atoms with van der Waals surface area (Å²) >= 11 is 0. The van der Waals surface area contributed by atoms with E-state index in [1.54, 1.807) is 21.1 Å². The number of ether oxygens (including phenoxy) is 3. The lowest BCUT2D eigenvalue weighted by Gasteiger charge is -2.34. The van der Waals surface area contributed by atoms with Gasteiger partial charge in [-0.25, -0.2) is 0 Å². The van der Waals surface area contributed by atoms with Crippen LogP contribution < -0.4 is 5.11 Å². The Kier molecular flexibility index (Phi) is 39.8. The van der Waals surface area contributed by atoms with Gasteiger partial charge in [-0.15, -0.1) is 0 Å². The van der Waals surface area contributed by atoms with Crippen molar-refractivity contribution >= 4 is 17.9 Å². The van der Waals surface area contributed by atoms with Gasteiger partial charge in [0, 0.05) is 19.3 Å². The molecule has 0 N–H and O–H groups in total. The van der Waals surface area contributed by atoms with Gasteiger partial charge in [-0.2, -0.15) is 0 Å². The molecule has 0 bridgehead atoms. The SMILES string of the molecule is CC/C=C/C/C=C/C/C=C/C/C=C/CCCCCCCCC(=O)OC(COCCC(C(=O)[O-])[N+](C)(C)C)COC(=O)CCC/C=C/C/C=C/C/C=C/CCCCCCCC. The number of carboxylic acids is 1. The highest BCUT2D eigenvalue weighted by molar-refractivity contribution is 5.70. The van der Waals surface area contributed by atoms with Gasteiger partial charge in [-0.1, -0.05) is 157 Å². The van der Waals surface area contributed by atoms with E-state index in [4.69, 9.17) is 14.2 Å². The van der Waals surface area contributed by atoms with Crippen LogP contribution in [-0.4, -0.2) is 75.5 Å². The number of rotatable bonds is 41. The number of hydrogen-bond donors (Lipinski definition) is 0. The molecule has 0 heterocycles. The van der Waals surface area contributed by atoms with E-state index >= 15 is 0 Å². The number of esters is 2. The fraction of sp³-hybridized carbons (Fsp3) is 0.673. The van der Waals surface area contributed by atoms with E-state index < -0.39 is 18.1 Å². The summed E-state index contributed by atoms with van der Waals surface area (Å²) in [7, 11) is 5.38. The number of nitrogens with zero attached hydrogens (tertiary/aromatic N) is 1. The molecule has 0 amide bonds. The van der Waals surface area contributed by atoms with Gasteiger partial charge in [0.1, 0.15) is 12.6 Å². The maximum atomic E-state index is 12.7. The van der Waals surface area contributed by atoms with Crippen LogP contribution in [0.2, 0.25) is 0 Å². The third-order valence-corrected chi connectivity index (χ3v) is 10.0. The highest BCUT2D eigenvalue weighted by atomic mass is 16.6. The molecule has 2 unspecified atom stereocenters. The summed E-state index contributed by atoms with van der Waals surface area (Å²) in [6, 6.07) is -0.740.